The largest absolute Gasteiger partial charge is 0.307 e. The summed E-state index contributed by atoms with van der Waals surface area (Å²) >= 11 is 0. The van der Waals surface area contributed by atoms with Crippen molar-refractivity contribution in [2.75, 3.05) is 0 Å². The highest BCUT2D eigenvalue weighted by Gasteiger charge is 2.42. The molecule has 3 rings (SSSR count). The molecule has 2 aliphatic heterocycles. The molecular weight excluding hydrogens is 218 g/mol. The predicted octanol–water partition coefficient (Wildman–Crippen LogP) is 4.01. The van der Waals surface area contributed by atoms with Gasteiger partial charge in [0, 0.05) is 18.0 Å². The molecule has 1 N–H and O–H groups in total. The molecule has 18 heavy (non-hydrogen) atoms. The third kappa shape index (κ3) is 2.67. The van der Waals surface area contributed by atoms with Crippen molar-refractivity contribution in [2.45, 2.75) is 45.7 Å². The predicted molar refractivity (Wildman–Crippen MR) is 79.5 cm³/mol. The zero-order chi connectivity index (χ0) is 13.3. The van der Waals surface area contributed by atoms with Crippen molar-refractivity contribution in [2.24, 2.45) is 11.3 Å². The number of nitrogens with one attached hydrogen (secondary N) is 1. The third-order valence-corrected chi connectivity index (χ3v) is 4.15. The molecule has 1 fully saturated rings. The van der Waals surface area contributed by atoms with Crippen molar-refractivity contribution in [3.8, 4) is 0 Å². The minimum absolute atomic E-state index is 0.284. The van der Waals surface area contributed by atoms with E-state index in [0.29, 0.717) is 18.0 Å². The first-order chi connectivity index (χ1) is 8.40. The Bertz CT molecular complexity index is 411. The lowest BCUT2D eigenvalue weighted by Gasteiger charge is -2.48. The van der Waals surface area contributed by atoms with E-state index < -0.39 is 0 Å². The number of allylic oxidation sites excluding steroid dienone is 3. The van der Waals surface area contributed by atoms with Gasteiger partial charge in [-0.25, -0.2) is 0 Å². The van der Waals surface area contributed by atoms with E-state index in [0.717, 1.165) is 6.42 Å². The molecule has 3 unspecified atom stereocenters. The van der Waals surface area contributed by atoms with Gasteiger partial charge in [0.15, 0.2) is 0 Å². The van der Waals surface area contributed by atoms with Crippen LogP contribution in [0.2, 0.25) is 0 Å². The van der Waals surface area contributed by atoms with E-state index in [1.165, 1.54) is 17.6 Å². The van der Waals surface area contributed by atoms with Gasteiger partial charge in [0.2, 0.25) is 0 Å². The van der Waals surface area contributed by atoms with Crippen LogP contribution in [0.3, 0.4) is 0 Å². The molecule has 3 aliphatic rings. The van der Waals surface area contributed by atoms with Gasteiger partial charge in [-0.3, -0.25) is 0 Å². The van der Waals surface area contributed by atoms with Crippen molar-refractivity contribution >= 4 is 0 Å². The van der Waals surface area contributed by atoms with Crippen LogP contribution in [0.5, 0.6) is 0 Å². The van der Waals surface area contributed by atoms with E-state index in [1.807, 2.05) is 0 Å². The highest BCUT2D eigenvalue weighted by molar-refractivity contribution is 5.30. The number of hydrogen-bond donors (Lipinski definition) is 1. The molecule has 2 bridgehead atoms. The van der Waals surface area contributed by atoms with Gasteiger partial charge >= 0.3 is 0 Å². The Hall–Kier alpha value is -1.08. The standard InChI is InChI=1S/C17H25N/c1-12(2)10-15-16-13(3)8-6-7-9-14(18-15)11-17(16,4)5/h6-9,14-16,18H,1,3,10-11H2,2,4-5H3/b8-6-,9-7-. The van der Waals surface area contributed by atoms with E-state index in [2.05, 4.69) is 63.5 Å². The first-order valence-electron chi connectivity index (χ1n) is 6.84. The van der Waals surface area contributed by atoms with Crippen molar-refractivity contribution in [1.82, 2.24) is 5.32 Å². The number of piperidine rings is 1. The molecule has 0 radical (unpaired) electrons. The van der Waals surface area contributed by atoms with E-state index in [1.54, 1.807) is 0 Å². The van der Waals surface area contributed by atoms with E-state index in [4.69, 9.17) is 0 Å². The number of fused-ring (bicyclic) bond motifs is 4. The normalized spacial score (nSPS) is 37.5. The average molecular weight is 243 g/mol. The molecule has 1 aliphatic carbocycles. The number of hydrogen-bond acceptors (Lipinski definition) is 1. The molecule has 1 nitrogen and oxygen atoms in total. The zero-order valence-electron chi connectivity index (χ0n) is 11.9. The van der Waals surface area contributed by atoms with Crippen molar-refractivity contribution in [3.05, 3.63) is 48.6 Å². The molecule has 0 aromatic rings. The van der Waals surface area contributed by atoms with Crippen LogP contribution >= 0.6 is 0 Å². The second kappa shape index (κ2) is 4.89. The van der Waals surface area contributed by atoms with E-state index in [9.17, 15) is 0 Å². The van der Waals surface area contributed by atoms with Crippen LogP contribution in [-0.2, 0) is 0 Å². The second-order valence-corrected chi connectivity index (χ2v) is 6.53. The first-order valence-corrected chi connectivity index (χ1v) is 6.84. The highest BCUT2D eigenvalue weighted by atomic mass is 15.0. The van der Waals surface area contributed by atoms with Gasteiger partial charge in [0.25, 0.3) is 0 Å². The van der Waals surface area contributed by atoms with Crippen LogP contribution in [0, 0.1) is 11.3 Å². The lowest BCUT2D eigenvalue weighted by molar-refractivity contribution is 0.115. The van der Waals surface area contributed by atoms with Gasteiger partial charge in [-0.15, -0.1) is 6.58 Å². The van der Waals surface area contributed by atoms with Crippen LogP contribution < -0.4 is 5.32 Å². The van der Waals surface area contributed by atoms with E-state index in [-0.39, 0.29) is 5.41 Å². The smallest absolute Gasteiger partial charge is 0.0261 e. The summed E-state index contributed by atoms with van der Waals surface area (Å²) in [6.07, 6.45) is 10.9. The van der Waals surface area contributed by atoms with Crippen LogP contribution in [-0.4, -0.2) is 12.1 Å². The molecule has 1 heteroatoms. The van der Waals surface area contributed by atoms with Crippen molar-refractivity contribution < 1.29 is 0 Å². The Balaban J connectivity index is 2.38. The summed E-state index contributed by atoms with van der Waals surface area (Å²) in [6, 6.07) is 0.923. The molecule has 2 heterocycles. The van der Waals surface area contributed by atoms with E-state index >= 15 is 0 Å². The molecule has 0 spiro atoms. The van der Waals surface area contributed by atoms with Gasteiger partial charge in [-0.2, -0.15) is 0 Å². The first kappa shape index (κ1) is 13.4. The maximum Gasteiger partial charge on any atom is 0.0261 e. The monoisotopic (exact) mass is 243 g/mol. The van der Waals surface area contributed by atoms with Gasteiger partial charge in [-0.1, -0.05) is 55.9 Å². The van der Waals surface area contributed by atoms with Gasteiger partial charge < -0.3 is 5.32 Å². The molecular formula is C17H25N. The molecule has 0 saturated carbocycles. The molecule has 0 aromatic carbocycles. The van der Waals surface area contributed by atoms with Crippen LogP contribution in [0.25, 0.3) is 0 Å². The molecule has 98 valence electrons. The van der Waals surface area contributed by atoms with Gasteiger partial charge in [0.1, 0.15) is 0 Å². The summed E-state index contributed by atoms with van der Waals surface area (Å²) in [5.74, 6) is 0.488. The van der Waals surface area contributed by atoms with Crippen LogP contribution in [0.1, 0.15) is 33.6 Å². The summed E-state index contributed by atoms with van der Waals surface area (Å²) in [5.41, 5.74) is 2.77. The Labute approximate surface area is 111 Å². The quantitative estimate of drug-likeness (QED) is 0.723. The van der Waals surface area contributed by atoms with Crippen LogP contribution in [0.4, 0.5) is 0 Å². The summed E-state index contributed by atoms with van der Waals surface area (Å²) in [4.78, 5) is 0. The summed E-state index contributed by atoms with van der Waals surface area (Å²) in [7, 11) is 0. The minimum atomic E-state index is 0.284. The maximum atomic E-state index is 4.30. The molecule has 0 amide bonds. The van der Waals surface area contributed by atoms with Gasteiger partial charge in [-0.05, 0) is 25.2 Å². The lowest BCUT2D eigenvalue weighted by atomic mass is 9.64. The zero-order valence-corrected chi connectivity index (χ0v) is 11.9. The maximum absolute atomic E-state index is 4.30. The Morgan fingerprint density at radius 3 is 2.83 bits per heavy atom. The SMILES string of the molecule is C=C(C)CC1NC2/C=C\C=C/C(=C)C1C(C)(C)C2. The number of rotatable bonds is 2. The topological polar surface area (TPSA) is 12.0 Å². The summed E-state index contributed by atoms with van der Waals surface area (Å²) < 4.78 is 0. The molecule has 0 aromatic heterocycles. The van der Waals surface area contributed by atoms with Crippen molar-refractivity contribution in [3.63, 3.8) is 0 Å². The summed E-state index contributed by atoms with van der Waals surface area (Å²) in [5, 5.41) is 3.76. The Morgan fingerprint density at radius 1 is 1.44 bits per heavy atom. The summed E-state index contributed by atoms with van der Waals surface area (Å²) in [6.45, 7) is 15.2. The van der Waals surface area contributed by atoms with Gasteiger partial charge in [0.05, 0.1) is 0 Å². The van der Waals surface area contributed by atoms with Crippen molar-refractivity contribution in [1.29, 1.82) is 0 Å². The highest BCUT2D eigenvalue weighted by Crippen LogP contribution is 2.44. The fourth-order valence-corrected chi connectivity index (χ4v) is 3.59. The fourth-order valence-electron chi connectivity index (χ4n) is 3.59. The van der Waals surface area contributed by atoms with Crippen LogP contribution in [0.15, 0.2) is 48.6 Å². The fraction of sp³-hybridized carbons (Fsp3) is 0.529. The average Bonchev–Trinajstić information content (AvgIpc) is 2.30. The Morgan fingerprint density at radius 2 is 2.17 bits per heavy atom. The molecule has 1 saturated heterocycles. The minimum Gasteiger partial charge on any atom is -0.307 e. The lowest BCUT2D eigenvalue weighted by Crippen LogP contribution is -2.54. The Kier molecular flexibility index (Phi) is 3.63. The molecule has 3 atom stereocenters. The second-order valence-electron chi connectivity index (χ2n) is 6.53. The third-order valence-electron chi connectivity index (χ3n) is 4.15.